The van der Waals surface area contributed by atoms with Gasteiger partial charge in [0, 0.05) is 29.9 Å². The van der Waals surface area contributed by atoms with Gasteiger partial charge < -0.3 is 18.9 Å². The minimum Gasteiger partial charge on any atom is -0.508 e. The Morgan fingerprint density at radius 1 is 1.13 bits per heavy atom. The molecule has 2 atom stereocenters. The molecule has 252 valence electrons. The number of phenolic OH excluding ortho intramolecular Hbond substituents is 1. The van der Waals surface area contributed by atoms with E-state index in [1.54, 1.807) is 6.92 Å². The third-order valence-electron chi connectivity index (χ3n) is 8.84. The summed E-state index contributed by atoms with van der Waals surface area (Å²) in [4.78, 5) is 15.2. The average Bonchev–Trinajstić information content (AvgIpc) is 3.45. The molecule has 0 aliphatic carbocycles. The standard InChI is InChI=1S/C34H42BrN5O6S/c1-6-45-33(42)20-30(28-11-12-31-34(23(28)3)36-37-39(31)17-16-38(5)15-7-14-35)25-9-8-22(2)29(19-25)24(4)40-21-26-18-27(41)10-13-32(26)46-47(40,43)44/h8-13,18-19,24,30,41H,6-7,14-17,20-21H2,1-5H3/t24-,30?/m1/s1. The van der Waals surface area contributed by atoms with Crippen LogP contribution in [0.25, 0.3) is 11.0 Å². The van der Waals surface area contributed by atoms with Gasteiger partial charge in [-0.15, -0.1) is 5.10 Å². The molecule has 0 saturated heterocycles. The summed E-state index contributed by atoms with van der Waals surface area (Å²) in [5.41, 5.74) is 6.64. The number of benzene rings is 3. The molecule has 1 unspecified atom stereocenters. The molecule has 0 amide bonds. The zero-order chi connectivity index (χ0) is 33.9. The van der Waals surface area contributed by atoms with Gasteiger partial charge in [0.1, 0.15) is 17.0 Å². The first-order valence-corrected chi connectivity index (χ1v) is 18.3. The lowest BCUT2D eigenvalue weighted by Gasteiger charge is -2.33. The fourth-order valence-electron chi connectivity index (χ4n) is 6.22. The van der Waals surface area contributed by atoms with Gasteiger partial charge in [-0.2, -0.15) is 12.7 Å². The number of likely N-dealkylation sites (N-methyl/N-ethyl adjacent to an activating group) is 1. The number of nitrogens with zero attached hydrogens (tertiary/aromatic N) is 5. The van der Waals surface area contributed by atoms with Crippen molar-refractivity contribution in [2.24, 2.45) is 0 Å². The molecular weight excluding hydrogens is 686 g/mol. The highest BCUT2D eigenvalue weighted by molar-refractivity contribution is 9.09. The Morgan fingerprint density at radius 3 is 2.66 bits per heavy atom. The van der Waals surface area contributed by atoms with Crippen molar-refractivity contribution in [2.75, 3.05) is 32.1 Å². The van der Waals surface area contributed by atoms with Crippen LogP contribution in [-0.4, -0.2) is 75.8 Å². The smallest absolute Gasteiger partial charge is 0.386 e. The van der Waals surface area contributed by atoms with Gasteiger partial charge in [0.2, 0.25) is 0 Å². The SMILES string of the molecule is CCOC(=O)CC(c1ccc(C)c([C@@H](C)N2Cc3cc(O)ccc3OS2(=O)=O)c1)c1ccc2c(nnn2CCN(C)CCCBr)c1C. The predicted octanol–water partition coefficient (Wildman–Crippen LogP) is 5.76. The van der Waals surface area contributed by atoms with Crippen LogP contribution in [0.1, 0.15) is 72.0 Å². The summed E-state index contributed by atoms with van der Waals surface area (Å²) < 4.78 is 40.6. The number of phenols is 1. The number of aromatic hydroxyl groups is 1. The van der Waals surface area contributed by atoms with E-state index in [2.05, 4.69) is 38.2 Å². The normalized spacial score (nSPS) is 15.7. The van der Waals surface area contributed by atoms with E-state index < -0.39 is 16.3 Å². The van der Waals surface area contributed by atoms with Gasteiger partial charge in [-0.1, -0.05) is 45.4 Å². The lowest BCUT2D eigenvalue weighted by atomic mass is 9.83. The van der Waals surface area contributed by atoms with Crippen LogP contribution in [-0.2, 0) is 32.9 Å². The minimum absolute atomic E-state index is 0.0317. The Morgan fingerprint density at radius 2 is 1.91 bits per heavy atom. The Kier molecular flexibility index (Phi) is 10.9. The average molecular weight is 729 g/mol. The van der Waals surface area contributed by atoms with Crippen molar-refractivity contribution in [1.29, 1.82) is 0 Å². The molecule has 1 aliphatic heterocycles. The number of alkyl halides is 1. The second kappa shape index (κ2) is 14.7. The van der Waals surface area contributed by atoms with Crippen LogP contribution in [0.3, 0.4) is 0 Å². The maximum atomic E-state index is 13.3. The molecule has 2 heterocycles. The molecule has 0 fully saturated rings. The van der Waals surface area contributed by atoms with Crippen LogP contribution in [0.15, 0.2) is 48.5 Å². The first-order chi connectivity index (χ1) is 22.4. The van der Waals surface area contributed by atoms with E-state index in [1.165, 1.54) is 22.5 Å². The molecule has 1 N–H and O–H groups in total. The van der Waals surface area contributed by atoms with Crippen molar-refractivity contribution in [3.8, 4) is 11.5 Å². The second-order valence-electron chi connectivity index (χ2n) is 12.0. The third-order valence-corrected chi connectivity index (χ3v) is 10.8. The maximum absolute atomic E-state index is 13.3. The molecule has 47 heavy (non-hydrogen) atoms. The molecule has 0 saturated carbocycles. The number of rotatable bonds is 13. The quantitative estimate of drug-likeness (QED) is 0.135. The number of fused-ring (bicyclic) bond motifs is 2. The summed E-state index contributed by atoms with van der Waals surface area (Å²) >= 11 is 3.49. The first-order valence-electron chi connectivity index (χ1n) is 15.8. The fraction of sp³-hybridized carbons (Fsp3) is 0.441. The van der Waals surface area contributed by atoms with Crippen molar-refractivity contribution in [3.63, 3.8) is 0 Å². The largest absolute Gasteiger partial charge is 0.508 e. The molecule has 1 aromatic heterocycles. The number of carbonyl (C=O) groups excluding carboxylic acids is 1. The highest BCUT2D eigenvalue weighted by Gasteiger charge is 2.37. The summed E-state index contributed by atoms with van der Waals surface area (Å²) in [5, 5.41) is 20.0. The Balaban J connectivity index is 1.50. The molecular formula is C34H42BrN5O6S. The van der Waals surface area contributed by atoms with Gasteiger partial charge in [0.15, 0.2) is 0 Å². The van der Waals surface area contributed by atoms with Gasteiger partial charge >= 0.3 is 16.3 Å². The zero-order valence-electron chi connectivity index (χ0n) is 27.4. The fourth-order valence-corrected chi connectivity index (χ4v) is 7.75. The maximum Gasteiger partial charge on any atom is 0.386 e. The number of hydrogen-bond donors (Lipinski definition) is 1. The van der Waals surface area contributed by atoms with E-state index in [1.807, 2.05) is 55.8 Å². The summed E-state index contributed by atoms with van der Waals surface area (Å²) in [6.07, 6.45) is 1.17. The molecule has 11 nitrogen and oxygen atoms in total. The Bertz CT molecular complexity index is 1860. The molecule has 5 rings (SSSR count). The molecule has 13 heteroatoms. The van der Waals surface area contributed by atoms with Gasteiger partial charge in [-0.25, -0.2) is 4.68 Å². The molecule has 4 aromatic rings. The topological polar surface area (TPSA) is 127 Å². The number of hydrogen-bond acceptors (Lipinski definition) is 9. The summed E-state index contributed by atoms with van der Waals surface area (Å²) in [7, 11) is -2.02. The van der Waals surface area contributed by atoms with Crippen LogP contribution >= 0.6 is 15.9 Å². The van der Waals surface area contributed by atoms with Crippen molar-refractivity contribution < 1.29 is 27.2 Å². The van der Waals surface area contributed by atoms with Crippen LogP contribution < -0.4 is 4.18 Å². The van der Waals surface area contributed by atoms with Crippen molar-refractivity contribution in [2.45, 2.75) is 65.6 Å². The number of carbonyl (C=O) groups is 1. The highest BCUT2D eigenvalue weighted by atomic mass is 79.9. The van der Waals surface area contributed by atoms with Crippen LogP contribution in [0.2, 0.25) is 0 Å². The lowest BCUT2D eigenvalue weighted by molar-refractivity contribution is -0.143. The van der Waals surface area contributed by atoms with Crippen LogP contribution in [0.5, 0.6) is 11.5 Å². The van der Waals surface area contributed by atoms with E-state index in [9.17, 15) is 18.3 Å². The molecule has 3 aromatic carbocycles. The number of halogens is 1. The monoisotopic (exact) mass is 727 g/mol. The highest BCUT2D eigenvalue weighted by Crippen LogP contribution is 2.39. The number of aryl methyl sites for hydroxylation is 2. The molecule has 0 bridgehead atoms. The summed E-state index contributed by atoms with van der Waals surface area (Å²) in [6.45, 7) is 10.4. The Hall–Kier alpha value is -3.52. The van der Waals surface area contributed by atoms with Crippen molar-refractivity contribution in [1.82, 2.24) is 24.2 Å². The number of esters is 1. The van der Waals surface area contributed by atoms with Crippen LogP contribution in [0, 0.1) is 13.8 Å². The predicted molar refractivity (Wildman–Crippen MR) is 184 cm³/mol. The van der Waals surface area contributed by atoms with Gasteiger partial charge in [-0.05, 0) is 99.8 Å². The van der Waals surface area contributed by atoms with Gasteiger partial charge in [0.05, 0.1) is 31.1 Å². The van der Waals surface area contributed by atoms with Gasteiger partial charge in [0.25, 0.3) is 0 Å². The van der Waals surface area contributed by atoms with Gasteiger partial charge in [-0.3, -0.25) is 4.79 Å². The summed E-state index contributed by atoms with van der Waals surface area (Å²) in [5.74, 6) is -0.469. The van der Waals surface area contributed by atoms with E-state index in [-0.39, 0.29) is 43.0 Å². The number of aromatic nitrogens is 3. The van der Waals surface area contributed by atoms with E-state index >= 15 is 0 Å². The van der Waals surface area contributed by atoms with Crippen molar-refractivity contribution >= 4 is 43.2 Å². The summed E-state index contributed by atoms with van der Waals surface area (Å²) in [6, 6.07) is 13.7. The zero-order valence-corrected chi connectivity index (χ0v) is 29.8. The van der Waals surface area contributed by atoms with Crippen LogP contribution in [0.4, 0.5) is 0 Å². The van der Waals surface area contributed by atoms with E-state index in [0.29, 0.717) is 12.1 Å². The molecule has 1 aliphatic rings. The second-order valence-corrected chi connectivity index (χ2v) is 14.3. The first kappa shape index (κ1) is 34.8. The number of ether oxygens (including phenoxy) is 1. The minimum atomic E-state index is -4.11. The molecule has 0 spiro atoms. The third kappa shape index (κ3) is 7.64. The lowest BCUT2D eigenvalue weighted by Crippen LogP contribution is -2.39. The van der Waals surface area contributed by atoms with E-state index in [0.717, 1.165) is 63.7 Å². The van der Waals surface area contributed by atoms with E-state index in [4.69, 9.17) is 8.92 Å². The Labute approximate surface area is 284 Å². The molecule has 0 radical (unpaired) electrons. The van der Waals surface area contributed by atoms with Crippen molar-refractivity contribution in [3.05, 3.63) is 81.9 Å².